The SMILES string of the molecule is CC1=CC[C@H]([C@@H]2OC[C@@H]3[C@H](C)[C@@H]2C(C)=C[C@H]3C)CC1. The lowest BCUT2D eigenvalue weighted by Gasteiger charge is -2.50. The van der Waals surface area contributed by atoms with Crippen LogP contribution in [0.5, 0.6) is 0 Å². The van der Waals surface area contributed by atoms with E-state index < -0.39 is 0 Å². The third-order valence-electron chi connectivity index (χ3n) is 5.95. The molecule has 19 heavy (non-hydrogen) atoms. The first-order chi connectivity index (χ1) is 9.08. The van der Waals surface area contributed by atoms with Gasteiger partial charge in [-0.25, -0.2) is 0 Å². The summed E-state index contributed by atoms with van der Waals surface area (Å²) in [5.74, 6) is 3.65. The predicted molar refractivity (Wildman–Crippen MR) is 79.9 cm³/mol. The summed E-state index contributed by atoms with van der Waals surface area (Å²) >= 11 is 0. The molecule has 1 nitrogen and oxygen atoms in total. The Labute approximate surface area is 118 Å². The second-order valence-electron chi connectivity index (χ2n) is 7.20. The van der Waals surface area contributed by atoms with Gasteiger partial charge in [-0.15, -0.1) is 0 Å². The van der Waals surface area contributed by atoms with Crippen molar-refractivity contribution >= 4 is 0 Å². The Morgan fingerprint density at radius 2 is 2.00 bits per heavy atom. The van der Waals surface area contributed by atoms with Crippen molar-refractivity contribution < 1.29 is 4.74 Å². The molecule has 106 valence electrons. The van der Waals surface area contributed by atoms with Crippen LogP contribution in [0.4, 0.5) is 0 Å². The molecule has 0 amide bonds. The first kappa shape index (κ1) is 13.4. The number of allylic oxidation sites excluding steroid dienone is 3. The number of fused-ring (bicyclic) bond motifs is 2. The van der Waals surface area contributed by atoms with Crippen LogP contribution in [0.15, 0.2) is 23.3 Å². The highest BCUT2D eigenvalue weighted by molar-refractivity contribution is 5.18. The maximum atomic E-state index is 6.36. The molecule has 0 N–H and O–H groups in total. The topological polar surface area (TPSA) is 9.23 Å². The standard InChI is InChI=1S/C18H28O/c1-11-5-7-15(8-6-11)18-17-13(3)9-12(2)16(10-19-18)14(17)4/h5,9,12,14-18H,6-8,10H2,1-4H3/t12-,14+,15+,16+,17+,18+/m1/s1. The highest BCUT2D eigenvalue weighted by Gasteiger charge is 2.45. The zero-order valence-electron chi connectivity index (χ0n) is 12.9. The molecule has 0 radical (unpaired) electrons. The lowest BCUT2D eigenvalue weighted by Crippen LogP contribution is -2.49. The molecular formula is C18H28O. The van der Waals surface area contributed by atoms with Crippen LogP contribution in [-0.2, 0) is 4.74 Å². The van der Waals surface area contributed by atoms with E-state index in [0.29, 0.717) is 17.9 Å². The predicted octanol–water partition coefficient (Wildman–Crippen LogP) is 4.60. The molecule has 0 unspecified atom stereocenters. The normalized spacial score (nSPS) is 46.5. The second kappa shape index (κ2) is 5.09. The number of rotatable bonds is 1. The van der Waals surface area contributed by atoms with E-state index in [4.69, 9.17) is 4.74 Å². The van der Waals surface area contributed by atoms with Gasteiger partial charge in [-0.3, -0.25) is 0 Å². The molecular weight excluding hydrogens is 232 g/mol. The fourth-order valence-corrected chi connectivity index (χ4v) is 4.71. The van der Waals surface area contributed by atoms with Crippen molar-refractivity contribution in [3.63, 3.8) is 0 Å². The summed E-state index contributed by atoms with van der Waals surface area (Å²) in [6.45, 7) is 10.4. The summed E-state index contributed by atoms with van der Waals surface area (Å²) in [7, 11) is 0. The zero-order chi connectivity index (χ0) is 13.6. The minimum absolute atomic E-state index is 0.472. The molecule has 1 aliphatic heterocycles. The third kappa shape index (κ3) is 2.31. The second-order valence-corrected chi connectivity index (χ2v) is 7.20. The summed E-state index contributed by atoms with van der Waals surface area (Å²) in [5, 5.41) is 0. The van der Waals surface area contributed by atoms with Gasteiger partial charge in [0.15, 0.2) is 0 Å². The smallest absolute Gasteiger partial charge is 0.0674 e. The fourth-order valence-electron chi connectivity index (χ4n) is 4.71. The van der Waals surface area contributed by atoms with E-state index in [2.05, 4.69) is 39.8 Å². The van der Waals surface area contributed by atoms with Crippen LogP contribution in [0.1, 0.15) is 47.0 Å². The van der Waals surface area contributed by atoms with Crippen LogP contribution < -0.4 is 0 Å². The van der Waals surface area contributed by atoms with Gasteiger partial charge in [-0.2, -0.15) is 0 Å². The van der Waals surface area contributed by atoms with Gasteiger partial charge in [0.25, 0.3) is 0 Å². The Hall–Kier alpha value is -0.560. The summed E-state index contributed by atoms with van der Waals surface area (Å²) < 4.78 is 6.36. The Bertz CT molecular complexity index is 406. The minimum atomic E-state index is 0.472. The van der Waals surface area contributed by atoms with E-state index in [9.17, 15) is 0 Å². The molecule has 0 aromatic rings. The lowest BCUT2D eigenvalue weighted by atomic mass is 9.63. The molecule has 2 bridgehead atoms. The van der Waals surface area contributed by atoms with Crippen molar-refractivity contribution in [1.82, 2.24) is 0 Å². The Morgan fingerprint density at radius 3 is 2.68 bits per heavy atom. The molecule has 3 aliphatic rings. The maximum Gasteiger partial charge on any atom is 0.0674 e. The molecule has 1 heterocycles. The summed E-state index contributed by atoms with van der Waals surface area (Å²) in [5.41, 5.74) is 3.16. The van der Waals surface area contributed by atoms with Crippen LogP contribution in [0, 0.1) is 29.6 Å². The molecule has 0 aromatic carbocycles. The zero-order valence-corrected chi connectivity index (χ0v) is 12.9. The van der Waals surface area contributed by atoms with Crippen LogP contribution >= 0.6 is 0 Å². The molecule has 6 atom stereocenters. The maximum absolute atomic E-state index is 6.36. The molecule has 3 rings (SSSR count). The van der Waals surface area contributed by atoms with Crippen LogP contribution in [0.3, 0.4) is 0 Å². The first-order valence-corrected chi connectivity index (χ1v) is 8.03. The van der Waals surface area contributed by atoms with Gasteiger partial charge in [0, 0.05) is 5.92 Å². The number of hydrogen-bond donors (Lipinski definition) is 0. The molecule has 2 aliphatic carbocycles. The minimum Gasteiger partial charge on any atom is -0.377 e. The van der Waals surface area contributed by atoms with Crippen molar-refractivity contribution in [1.29, 1.82) is 0 Å². The first-order valence-electron chi connectivity index (χ1n) is 8.03. The van der Waals surface area contributed by atoms with E-state index in [1.165, 1.54) is 19.3 Å². The summed E-state index contributed by atoms with van der Waals surface area (Å²) in [6.07, 6.45) is 9.26. The van der Waals surface area contributed by atoms with Crippen molar-refractivity contribution in [3.05, 3.63) is 23.3 Å². The van der Waals surface area contributed by atoms with Gasteiger partial charge in [-0.1, -0.05) is 37.1 Å². The van der Waals surface area contributed by atoms with E-state index >= 15 is 0 Å². The van der Waals surface area contributed by atoms with Crippen LogP contribution in [0.2, 0.25) is 0 Å². The van der Waals surface area contributed by atoms with Gasteiger partial charge in [0.05, 0.1) is 12.7 Å². The van der Waals surface area contributed by atoms with Gasteiger partial charge >= 0.3 is 0 Å². The largest absolute Gasteiger partial charge is 0.377 e. The van der Waals surface area contributed by atoms with Gasteiger partial charge in [0.1, 0.15) is 0 Å². The Morgan fingerprint density at radius 1 is 1.21 bits per heavy atom. The van der Waals surface area contributed by atoms with E-state index in [0.717, 1.165) is 24.4 Å². The van der Waals surface area contributed by atoms with Gasteiger partial charge < -0.3 is 4.74 Å². The van der Waals surface area contributed by atoms with Crippen LogP contribution in [0.25, 0.3) is 0 Å². The lowest BCUT2D eigenvalue weighted by molar-refractivity contribution is -0.117. The average molecular weight is 260 g/mol. The third-order valence-corrected chi connectivity index (χ3v) is 5.95. The molecule has 0 aromatic heterocycles. The Kier molecular flexibility index (Phi) is 3.59. The van der Waals surface area contributed by atoms with E-state index in [-0.39, 0.29) is 0 Å². The summed E-state index contributed by atoms with van der Waals surface area (Å²) in [6, 6.07) is 0. The molecule has 1 saturated heterocycles. The number of hydrogen-bond acceptors (Lipinski definition) is 1. The monoisotopic (exact) mass is 260 g/mol. The van der Waals surface area contributed by atoms with E-state index in [1.807, 2.05) is 0 Å². The van der Waals surface area contributed by atoms with Crippen molar-refractivity contribution in [3.8, 4) is 0 Å². The highest BCUT2D eigenvalue weighted by Crippen LogP contribution is 2.47. The van der Waals surface area contributed by atoms with E-state index in [1.54, 1.807) is 11.1 Å². The Balaban J connectivity index is 1.82. The number of ether oxygens (including phenoxy) is 1. The van der Waals surface area contributed by atoms with Gasteiger partial charge in [0.2, 0.25) is 0 Å². The summed E-state index contributed by atoms with van der Waals surface area (Å²) in [4.78, 5) is 0. The van der Waals surface area contributed by atoms with Crippen LogP contribution in [-0.4, -0.2) is 12.7 Å². The fraction of sp³-hybridized carbons (Fsp3) is 0.778. The molecule has 1 fully saturated rings. The highest BCUT2D eigenvalue weighted by atomic mass is 16.5. The van der Waals surface area contributed by atoms with Crippen molar-refractivity contribution in [2.75, 3.05) is 6.61 Å². The average Bonchev–Trinajstić information content (AvgIpc) is 2.37. The molecule has 0 saturated carbocycles. The molecule has 1 heteroatoms. The molecule has 0 spiro atoms. The van der Waals surface area contributed by atoms with Gasteiger partial charge in [-0.05, 0) is 56.8 Å². The quantitative estimate of drug-likeness (QED) is 0.626. The van der Waals surface area contributed by atoms with Crippen molar-refractivity contribution in [2.24, 2.45) is 29.6 Å². The van der Waals surface area contributed by atoms with Crippen molar-refractivity contribution in [2.45, 2.75) is 53.1 Å².